The van der Waals surface area contributed by atoms with Gasteiger partial charge >= 0.3 is 0 Å². The van der Waals surface area contributed by atoms with Crippen molar-refractivity contribution in [2.75, 3.05) is 18.9 Å². The number of hydrogen-bond donors (Lipinski definition) is 2. The van der Waals surface area contributed by atoms with Gasteiger partial charge in [0.1, 0.15) is 17.9 Å². The largest absolute Gasteiger partial charge is 0.396 e. The van der Waals surface area contributed by atoms with Crippen LogP contribution in [0.1, 0.15) is 30.4 Å². The molecule has 2 aromatic heterocycles. The molecule has 6 nitrogen and oxygen atoms in total. The molecule has 0 bridgehead atoms. The topological polar surface area (TPSA) is 86.2 Å². The molecule has 0 aliphatic rings. The number of aromatic nitrogens is 3. The van der Waals surface area contributed by atoms with Gasteiger partial charge in [-0.15, -0.1) is 0 Å². The summed E-state index contributed by atoms with van der Waals surface area (Å²) in [6.07, 6.45) is 0.672. The fourth-order valence-electron chi connectivity index (χ4n) is 2.32. The normalized spacial score (nSPS) is 11.4. The van der Waals surface area contributed by atoms with E-state index in [2.05, 4.69) is 14.5 Å². The minimum Gasteiger partial charge on any atom is -0.396 e. The lowest BCUT2D eigenvalue weighted by molar-refractivity contribution is 0.125. The number of nitrogens with two attached hydrogens (primary N) is 1. The fraction of sp³-hybridized carbons (Fsp3) is 0.571. The summed E-state index contributed by atoms with van der Waals surface area (Å²) in [6.45, 7) is 7.82. The van der Waals surface area contributed by atoms with E-state index >= 15 is 0 Å². The van der Waals surface area contributed by atoms with E-state index in [0.29, 0.717) is 32.0 Å². The van der Waals surface area contributed by atoms with Gasteiger partial charge in [0.2, 0.25) is 0 Å². The number of ether oxygens (including phenoxy) is 1. The highest BCUT2D eigenvalue weighted by molar-refractivity contribution is 5.88. The van der Waals surface area contributed by atoms with E-state index in [1.165, 1.54) is 0 Å². The molecule has 3 N–H and O–H groups in total. The van der Waals surface area contributed by atoms with E-state index in [9.17, 15) is 0 Å². The third kappa shape index (κ3) is 2.62. The van der Waals surface area contributed by atoms with Crippen molar-refractivity contribution in [2.45, 2.75) is 40.3 Å². The molecule has 2 aromatic rings. The van der Waals surface area contributed by atoms with Crippen LogP contribution in [0.25, 0.3) is 11.0 Å². The maximum absolute atomic E-state index is 9.08. The molecule has 20 heavy (non-hydrogen) atoms. The Kier molecular flexibility index (Phi) is 4.57. The number of anilines is 1. The van der Waals surface area contributed by atoms with E-state index in [0.717, 1.165) is 28.1 Å². The fourth-order valence-corrected chi connectivity index (χ4v) is 2.32. The first-order valence-corrected chi connectivity index (χ1v) is 6.90. The maximum atomic E-state index is 9.08. The molecule has 0 saturated heterocycles. The number of aliphatic hydroxyl groups excluding tert-OH is 1. The summed E-state index contributed by atoms with van der Waals surface area (Å²) < 4.78 is 7.56. The highest BCUT2D eigenvalue weighted by Crippen LogP contribution is 2.26. The van der Waals surface area contributed by atoms with Crippen LogP contribution in [0.5, 0.6) is 0 Å². The molecule has 0 spiro atoms. The minimum atomic E-state index is 0.145. The first kappa shape index (κ1) is 14.7. The zero-order valence-electron chi connectivity index (χ0n) is 12.3. The van der Waals surface area contributed by atoms with E-state index in [1.54, 1.807) is 0 Å². The SMILES string of the molecule is CCOCc1nc2c(N)nc(C)c(C)c2n1CCCO. The Bertz CT molecular complexity index is 607. The van der Waals surface area contributed by atoms with Crippen LogP contribution >= 0.6 is 0 Å². The van der Waals surface area contributed by atoms with Crippen molar-refractivity contribution in [1.29, 1.82) is 0 Å². The molecule has 0 aromatic carbocycles. The molecule has 0 aliphatic carbocycles. The van der Waals surface area contributed by atoms with Gasteiger partial charge in [0.15, 0.2) is 5.82 Å². The van der Waals surface area contributed by atoms with Crippen LogP contribution in [0.15, 0.2) is 0 Å². The van der Waals surface area contributed by atoms with E-state index < -0.39 is 0 Å². The highest BCUT2D eigenvalue weighted by atomic mass is 16.5. The number of hydrogen-bond acceptors (Lipinski definition) is 5. The Hall–Kier alpha value is -1.66. The highest BCUT2D eigenvalue weighted by Gasteiger charge is 2.17. The lowest BCUT2D eigenvalue weighted by Gasteiger charge is -2.11. The Morgan fingerprint density at radius 3 is 2.70 bits per heavy atom. The molecular weight excluding hydrogens is 256 g/mol. The molecule has 0 saturated carbocycles. The number of imidazole rings is 1. The molecule has 2 heterocycles. The van der Waals surface area contributed by atoms with Crippen molar-refractivity contribution in [3.63, 3.8) is 0 Å². The monoisotopic (exact) mass is 278 g/mol. The molecule has 110 valence electrons. The van der Waals surface area contributed by atoms with E-state index in [4.69, 9.17) is 15.6 Å². The second kappa shape index (κ2) is 6.19. The average Bonchev–Trinajstić information content (AvgIpc) is 2.79. The third-order valence-electron chi connectivity index (χ3n) is 3.45. The van der Waals surface area contributed by atoms with Gasteiger partial charge in [-0.25, -0.2) is 9.97 Å². The first-order valence-electron chi connectivity index (χ1n) is 6.90. The summed E-state index contributed by atoms with van der Waals surface area (Å²) in [5, 5.41) is 9.08. The van der Waals surface area contributed by atoms with Gasteiger partial charge in [-0.1, -0.05) is 0 Å². The minimum absolute atomic E-state index is 0.145. The Morgan fingerprint density at radius 2 is 2.05 bits per heavy atom. The van der Waals surface area contributed by atoms with Crippen molar-refractivity contribution in [1.82, 2.24) is 14.5 Å². The third-order valence-corrected chi connectivity index (χ3v) is 3.45. The average molecular weight is 278 g/mol. The van der Waals surface area contributed by atoms with Crippen LogP contribution in [-0.2, 0) is 17.9 Å². The molecule has 0 atom stereocenters. The Labute approximate surface area is 118 Å². The van der Waals surface area contributed by atoms with Crippen LogP contribution in [0.3, 0.4) is 0 Å². The first-order chi connectivity index (χ1) is 9.60. The standard InChI is InChI=1S/C14H22N4O2/c1-4-20-8-11-17-12-13(18(11)6-5-7-19)9(2)10(3)16-14(12)15/h19H,4-8H2,1-3H3,(H2,15,16). The number of aryl methyl sites for hydroxylation is 3. The smallest absolute Gasteiger partial charge is 0.151 e. The summed E-state index contributed by atoms with van der Waals surface area (Å²) in [6, 6.07) is 0. The van der Waals surface area contributed by atoms with Crippen molar-refractivity contribution >= 4 is 16.9 Å². The summed E-state index contributed by atoms with van der Waals surface area (Å²) in [5.74, 6) is 1.28. The van der Waals surface area contributed by atoms with Crippen molar-refractivity contribution in [3.05, 3.63) is 17.1 Å². The van der Waals surface area contributed by atoms with Gasteiger partial charge in [0.05, 0.1) is 5.52 Å². The van der Waals surface area contributed by atoms with E-state index in [-0.39, 0.29) is 6.61 Å². The van der Waals surface area contributed by atoms with Gasteiger partial charge in [-0.05, 0) is 32.8 Å². The lowest BCUT2D eigenvalue weighted by Crippen LogP contribution is -2.08. The summed E-state index contributed by atoms with van der Waals surface area (Å²) in [5.41, 5.74) is 9.69. The maximum Gasteiger partial charge on any atom is 0.151 e. The molecular formula is C14H22N4O2. The zero-order valence-corrected chi connectivity index (χ0v) is 12.3. The number of rotatable bonds is 6. The number of nitrogen functional groups attached to an aromatic ring is 1. The Balaban J connectivity index is 2.60. The quantitative estimate of drug-likeness (QED) is 0.837. The zero-order chi connectivity index (χ0) is 14.7. The molecule has 0 amide bonds. The van der Waals surface area contributed by atoms with Crippen molar-refractivity contribution < 1.29 is 9.84 Å². The summed E-state index contributed by atoms with van der Waals surface area (Å²) >= 11 is 0. The van der Waals surface area contributed by atoms with Gasteiger partial charge in [0.25, 0.3) is 0 Å². The van der Waals surface area contributed by atoms with Crippen molar-refractivity contribution in [3.8, 4) is 0 Å². The van der Waals surface area contributed by atoms with Crippen LogP contribution in [-0.4, -0.2) is 32.9 Å². The predicted octanol–water partition coefficient (Wildman–Crippen LogP) is 1.55. The van der Waals surface area contributed by atoms with Crippen LogP contribution in [0.4, 0.5) is 5.82 Å². The Morgan fingerprint density at radius 1 is 1.30 bits per heavy atom. The number of nitrogens with zero attached hydrogens (tertiary/aromatic N) is 3. The molecule has 0 aliphatic heterocycles. The summed E-state index contributed by atoms with van der Waals surface area (Å²) in [4.78, 5) is 8.90. The molecule has 0 radical (unpaired) electrons. The number of pyridine rings is 1. The molecule has 0 fully saturated rings. The van der Waals surface area contributed by atoms with Crippen LogP contribution < -0.4 is 5.73 Å². The van der Waals surface area contributed by atoms with Gasteiger partial charge in [-0.3, -0.25) is 0 Å². The van der Waals surface area contributed by atoms with Gasteiger partial charge < -0.3 is 20.1 Å². The predicted molar refractivity (Wildman–Crippen MR) is 78.4 cm³/mol. The molecule has 0 unspecified atom stereocenters. The van der Waals surface area contributed by atoms with Gasteiger partial charge in [0, 0.05) is 25.5 Å². The second-order valence-electron chi connectivity index (χ2n) is 4.80. The molecule has 2 rings (SSSR count). The van der Waals surface area contributed by atoms with Crippen molar-refractivity contribution in [2.24, 2.45) is 0 Å². The van der Waals surface area contributed by atoms with Crippen LogP contribution in [0, 0.1) is 13.8 Å². The summed E-state index contributed by atoms with van der Waals surface area (Å²) in [7, 11) is 0. The van der Waals surface area contributed by atoms with Gasteiger partial charge in [-0.2, -0.15) is 0 Å². The number of fused-ring (bicyclic) bond motifs is 1. The van der Waals surface area contributed by atoms with Crippen LogP contribution in [0.2, 0.25) is 0 Å². The second-order valence-corrected chi connectivity index (χ2v) is 4.80. The van der Waals surface area contributed by atoms with E-state index in [1.807, 2.05) is 20.8 Å². The molecule has 6 heteroatoms. The lowest BCUT2D eigenvalue weighted by atomic mass is 10.2. The number of aliphatic hydroxyl groups is 1.